The van der Waals surface area contributed by atoms with Crippen molar-refractivity contribution in [2.75, 3.05) is 4.72 Å². The average Bonchev–Trinajstić information content (AvgIpc) is 2.97. The van der Waals surface area contributed by atoms with Gasteiger partial charge in [-0.2, -0.15) is 8.42 Å². The molecule has 0 saturated carbocycles. The normalized spacial score (nSPS) is 11.4. The highest BCUT2D eigenvalue weighted by Crippen LogP contribution is 2.19. The first kappa shape index (κ1) is 14.5. The fourth-order valence-corrected chi connectivity index (χ4v) is 3.32. The van der Waals surface area contributed by atoms with Gasteiger partial charge in [-0.1, -0.05) is 6.92 Å². The molecule has 0 aliphatic heterocycles. The van der Waals surface area contributed by atoms with Crippen molar-refractivity contribution in [1.82, 2.24) is 15.0 Å². The van der Waals surface area contributed by atoms with E-state index in [4.69, 9.17) is 5.11 Å². The number of H-pyrrole nitrogens is 1. The molecule has 2 aromatic heterocycles. The van der Waals surface area contributed by atoms with Gasteiger partial charge in [0.25, 0.3) is 10.0 Å². The van der Waals surface area contributed by atoms with Gasteiger partial charge < -0.3 is 10.1 Å². The van der Waals surface area contributed by atoms with Crippen LogP contribution in [0.4, 0.5) is 5.13 Å². The van der Waals surface area contributed by atoms with E-state index in [-0.39, 0.29) is 16.6 Å². The van der Waals surface area contributed by atoms with Crippen LogP contribution in [0.3, 0.4) is 0 Å². The van der Waals surface area contributed by atoms with Crippen molar-refractivity contribution in [2.45, 2.75) is 24.8 Å². The summed E-state index contributed by atoms with van der Waals surface area (Å²) in [5.74, 6) is -0.457. The number of anilines is 1. The van der Waals surface area contributed by atoms with Gasteiger partial charge in [-0.25, -0.2) is 9.97 Å². The first-order valence-corrected chi connectivity index (χ1v) is 8.00. The molecule has 20 heavy (non-hydrogen) atoms. The molecule has 0 saturated heterocycles. The molecule has 108 valence electrons. The molecule has 2 heterocycles. The number of rotatable bonds is 6. The lowest BCUT2D eigenvalue weighted by atomic mass is 10.3. The van der Waals surface area contributed by atoms with Crippen molar-refractivity contribution in [3.63, 3.8) is 0 Å². The van der Waals surface area contributed by atoms with Crippen LogP contribution in [-0.2, 0) is 27.7 Å². The average molecular weight is 316 g/mol. The molecule has 3 N–H and O–H groups in total. The summed E-state index contributed by atoms with van der Waals surface area (Å²) in [6, 6.07) is 0. The van der Waals surface area contributed by atoms with Gasteiger partial charge in [-0.15, -0.1) is 11.3 Å². The molecule has 0 aromatic carbocycles. The predicted molar refractivity (Wildman–Crippen MR) is 72.2 cm³/mol. The van der Waals surface area contributed by atoms with Crippen LogP contribution < -0.4 is 4.72 Å². The van der Waals surface area contributed by atoms with Crippen LogP contribution in [-0.4, -0.2) is 34.4 Å². The van der Waals surface area contributed by atoms with Gasteiger partial charge >= 0.3 is 5.97 Å². The molecule has 0 radical (unpaired) electrons. The zero-order chi connectivity index (χ0) is 14.8. The quantitative estimate of drug-likeness (QED) is 0.725. The maximum Gasteiger partial charge on any atom is 0.309 e. The van der Waals surface area contributed by atoms with Crippen LogP contribution in [0.15, 0.2) is 16.6 Å². The van der Waals surface area contributed by atoms with Gasteiger partial charge in [0.15, 0.2) is 10.2 Å². The van der Waals surface area contributed by atoms with E-state index in [9.17, 15) is 13.2 Å². The highest BCUT2D eigenvalue weighted by atomic mass is 32.2. The molecule has 8 nitrogen and oxygen atoms in total. The topological polar surface area (TPSA) is 125 Å². The standard InChI is InChI=1S/C10H12N4O4S2/c1-2-7-11-4-8(13-7)20(17,18)14-10-12-6(5-19-10)3-9(15)16/h4-5H,2-3H2,1H3,(H,11,13)(H,12,14)(H,15,16). The SMILES string of the molecule is CCc1ncc(S(=O)(=O)Nc2nc(CC(=O)O)cs2)[nH]1. The molecule has 0 atom stereocenters. The molecule has 2 rings (SSSR count). The van der Waals surface area contributed by atoms with Gasteiger partial charge in [0.1, 0.15) is 5.82 Å². The van der Waals surface area contributed by atoms with Crippen LogP contribution in [0.1, 0.15) is 18.4 Å². The van der Waals surface area contributed by atoms with E-state index in [1.807, 2.05) is 6.92 Å². The maximum absolute atomic E-state index is 12.0. The number of hydrogen-bond donors (Lipinski definition) is 3. The molecular formula is C10H12N4O4S2. The Morgan fingerprint density at radius 1 is 1.55 bits per heavy atom. The number of carboxylic acid groups (broad SMARTS) is 1. The predicted octanol–water partition coefficient (Wildman–Crippen LogP) is 0.856. The van der Waals surface area contributed by atoms with Crippen LogP contribution in [0.5, 0.6) is 0 Å². The van der Waals surface area contributed by atoms with Crippen molar-refractivity contribution in [2.24, 2.45) is 0 Å². The number of thiazole rings is 1. The van der Waals surface area contributed by atoms with E-state index in [0.717, 1.165) is 11.3 Å². The lowest BCUT2D eigenvalue weighted by molar-refractivity contribution is -0.136. The van der Waals surface area contributed by atoms with E-state index >= 15 is 0 Å². The van der Waals surface area contributed by atoms with Gasteiger partial charge in [0.2, 0.25) is 0 Å². The molecule has 10 heteroatoms. The zero-order valence-electron chi connectivity index (χ0n) is 10.5. The Bertz CT molecular complexity index is 719. The number of hydrogen-bond acceptors (Lipinski definition) is 6. The Labute approximate surface area is 119 Å². The number of imidazole rings is 1. The third kappa shape index (κ3) is 3.33. The van der Waals surface area contributed by atoms with E-state index in [0.29, 0.717) is 17.9 Å². The smallest absolute Gasteiger partial charge is 0.309 e. The van der Waals surface area contributed by atoms with E-state index in [2.05, 4.69) is 19.7 Å². The van der Waals surface area contributed by atoms with Gasteiger partial charge in [-0.3, -0.25) is 9.52 Å². The number of nitrogens with zero attached hydrogens (tertiary/aromatic N) is 2. The minimum Gasteiger partial charge on any atom is -0.481 e. The summed E-state index contributed by atoms with van der Waals surface area (Å²) in [4.78, 5) is 21.0. The minimum atomic E-state index is -3.79. The Kier molecular flexibility index (Phi) is 4.04. The summed E-state index contributed by atoms with van der Waals surface area (Å²) < 4.78 is 26.3. The summed E-state index contributed by atoms with van der Waals surface area (Å²) in [7, 11) is -3.79. The molecule has 0 spiro atoms. The molecule has 0 amide bonds. The number of aliphatic carboxylic acids is 1. The summed E-state index contributed by atoms with van der Waals surface area (Å²) in [5.41, 5.74) is 0.305. The molecule has 0 bridgehead atoms. The van der Waals surface area contributed by atoms with Crippen LogP contribution >= 0.6 is 11.3 Å². The van der Waals surface area contributed by atoms with Crippen molar-refractivity contribution in [3.05, 3.63) is 23.1 Å². The van der Waals surface area contributed by atoms with Gasteiger partial charge in [0, 0.05) is 11.8 Å². The highest BCUT2D eigenvalue weighted by Gasteiger charge is 2.19. The highest BCUT2D eigenvalue weighted by molar-refractivity contribution is 7.92. The summed E-state index contributed by atoms with van der Waals surface area (Å²) in [6.45, 7) is 1.85. The van der Waals surface area contributed by atoms with E-state index < -0.39 is 16.0 Å². The summed E-state index contributed by atoms with van der Waals surface area (Å²) >= 11 is 1.03. The monoisotopic (exact) mass is 316 g/mol. The lowest BCUT2D eigenvalue weighted by Gasteiger charge is -2.01. The van der Waals surface area contributed by atoms with Crippen molar-refractivity contribution in [3.8, 4) is 0 Å². The fourth-order valence-electron chi connectivity index (χ4n) is 1.42. The van der Waals surface area contributed by atoms with Crippen LogP contribution in [0, 0.1) is 0 Å². The summed E-state index contributed by atoms with van der Waals surface area (Å²) in [5, 5.41) is 10.2. The molecular weight excluding hydrogens is 304 g/mol. The second kappa shape index (κ2) is 5.59. The number of carboxylic acids is 1. The Balaban J connectivity index is 2.15. The van der Waals surface area contributed by atoms with Gasteiger partial charge in [-0.05, 0) is 0 Å². The zero-order valence-corrected chi connectivity index (χ0v) is 12.1. The Hall–Kier alpha value is -1.94. The fraction of sp³-hybridized carbons (Fsp3) is 0.300. The number of aryl methyl sites for hydroxylation is 1. The van der Waals surface area contributed by atoms with Crippen LogP contribution in [0.25, 0.3) is 0 Å². The Morgan fingerprint density at radius 2 is 2.30 bits per heavy atom. The Morgan fingerprint density at radius 3 is 2.90 bits per heavy atom. The first-order valence-electron chi connectivity index (χ1n) is 5.63. The molecule has 2 aromatic rings. The van der Waals surface area contributed by atoms with Crippen LogP contribution in [0.2, 0.25) is 0 Å². The number of sulfonamides is 1. The lowest BCUT2D eigenvalue weighted by Crippen LogP contribution is -2.13. The second-order valence-corrected chi connectivity index (χ2v) is 6.38. The third-order valence-corrected chi connectivity index (χ3v) is 4.52. The second-order valence-electron chi connectivity index (χ2n) is 3.87. The largest absolute Gasteiger partial charge is 0.481 e. The molecule has 0 fully saturated rings. The third-order valence-electron chi connectivity index (χ3n) is 2.34. The van der Waals surface area contributed by atoms with Crippen molar-refractivity contribution < 1.29 is 18.3 Å². The number of carbonyl (C=O) groups is 1. The van der Waals surface area contributed by atoms with Crippen molar-refractivity contribution in [1.29, 1.82) is 0 Å². The molecule has 0 aliphatic rings. The minimum absolute atomic E-state index is 0.0515. The molecule has 0 unspecified atom stereocenters. The molecule has 0 aliphatic carbocycles. The number of nitrogens with one attached hydrogen (secondary N) is 2. The number of aromatic nitrogens is 3. The van der Waals surface area contributed by atoms with Crippen molar-refractivity contribution >= 4 is 32.5 Å². The van der Waals surface area contributed by atoms with Gasteiger partial charge in [0.05, 0.1) is 18.3 Å². The van der Waals surface area contributed by atoms with E-state index in [1.54, 1.807) is 0 Å². The van der Waals surface area contributed by atoms with E-state index in [1.165, 1.54) is 11.6 Å². The first-order chi connectivity index (χ1) is 9.40. The number of aromatic amines is 1. The maximum atomic E-state index is 12.0. The summed E-state index contributed by atoms with van der Waals surface area (Å²) in [6.07, 6.45) is 1.57.